The van der Waals surface area contributed by atoms with Gasteiger partial charge in [0.1, 0.15) is 0 Å². The summed E-state index contributed by atoms with van der Waals surface area (Å²) in [5, 5.41) is 4.64. The number of anilines is 1. The summed E-state index contributed by atoms with van der Waals surface area (Å²) in [5.74, 6) is 0. The zero-order valence-corrected chi connectivity index (χ0v) is 14.8. The molecule has 114 valence electrons. The van der Waals surface area contributed by atoms with Gasteiger partial charge in [0.2, 0.25) is 0 Å². The highest BCUT2D eigenvalue weighted by molar-refractivity contribution is 7.15. The van der Waals surface area contributed by atoms with Crippen LogP contribution in [0.2, 0.25) is 0 Å². The Morgan fingerprint density at radius 2 is 2.05 bits per heavy atom. The van der Waals surface area contributed by atoms with Crippen molar-refractivity contribution in [3.8, 4) is 0 Å². The summed E-state index contributed by atoms with van der Waals surface area (Å²) in [4.78, 5) is 8.69. The summed E-state index contributed by atoms with van der Waals surface area (Å²) >= 11 is 1.87. The number of rotatable bonds is 3. The van der Waals surface area contributed by atoms with Gasteiger partial charge in [-0.05, 0) is 30.7 Å². The smallest absolute Gasteiger partial charge is 0.185 e. The van der Waals surface area contributed by atoms with Gasteiger partial charge in [-0.25, -0.2) is 4.98 Å². The second-order valence-corrected chi connectivity index (χ2v) is 9.12. The summed E-state index contributed by atoms with van der Waals surface area (Å²) in [6, 6.07) is 0.461. The molecule has 1 heterocycles. The number of hydrogen-bond donors (Lipinski definition) is 1. The molecule has 0 aromatic carbocycles. The topological polar surface area (TPSA) is 28.2 Å². The Labute approximate surface area is 127 Å². The maximum atomic E-state index is 4.93. The van der Waals surface area contributed by atoms with Crippen LogP contribution in [0.4, 0.5) is 5.13 Å². The van der Waals surface area contributed by atoms with E-state index in [-0.39, 0.29) is 0 Å². The van der Waals surface area contributed by atoms with E-state index in [1.165, 1.54) is 22.1 Å². The summed E-state index contributed by atoms with van der Waals surface area (Å²) in [6.07, 6.45) is 2.29. The highest BCUT2D eigenvalue weighted by atomic mass is 32.1. The van der Waals surface area contributed by atoms with E-state index in [9.17, 15) is 0 Å². The molecule has 0 fully saturated rings. The highest BCUT2D eigenvalue weighted by Gasteiger charge is 2.34. The van der Waals surface area contributed by atoms with Crippen molar-refractivity contribution in [1.82, 2.24) is 10.3 Å². The molecule has 1 atom stereocenters. The molecule has 0 spiro atoms. The minimum absolute atomic E-state index is 0.294. The van der Waals surface area contributed by atoms with Gasteiger partial charge in [0.15, 0.2) is 5.13 Å². The first-order chi connectivity index (χ1) is 9.11. The molecule has 1 aliphatic carbocycles. The number of thiazole rings is 1. The first-order valence-corrected chi connectivity index (χ1v) is 8.31. The summed E-state index contributed by atoms with van der Waals surface area (Å²) < 4.78 is 0. The standard InChI is InChI=1S/C16H29N3S/c1-15(2,3)10-19(7)14-18-12-9-16(4,5)8-11(17-6)13(12)20-14/h11,17H,8-10H2,1-7H3. The Bertz CT molecular complexity index is 471. The number of nitrogens with zero attached hydrogens (tertiary/aromatic N) is 2. The highest BCUT2D eigenvalue weighted by Crippen LogP contribution is 2.44. The van der Waals surface area contributed by atoms with Gasteiger partial charge in [-0.3, -0.25) is 0 Å². The fourth-order valence-electron chi connectivity index (χ4n) is 3.10. The predicted octanol–water partition coefficient (Wildman–Crippen LogP) is 3.86. The SMILES string of the molecule is CNC1CC(C)(C)Cc2nc(N(C)CC(C)(C)C)sc21. The van der Waals surface area contributed by atoms with E-state index in [1.54, 1.807) is 0 Å². The number of hydrogen-bond acceptors (Lipinski definition) is 4. The normalized spacial score (nSPS) is 21.6. The van der Waals surface area contributed by atoms with Gasteiger partial charge in [0, 0.05) is 24.5 Å². The van der Waals surface area contributed by atoms with Gasteiger partial charge in [-0.1, -0.05) is 46.0 Å². The Hall–Kier alpha value is -0.610. The van der Waals surface area contributed by atoms with Gasteiger partial charge in [-0.2, -0.15) is 0 Å². The molecular weight excluding hydrogens is 266 g/mol. The monoisotopic (exact) mass is 295 g/mol. The van der Waals surface area contributed by atoms with Crippen molar-refractivity contribution in [2.45, 2.75) is 53.5 Å². The average Bonchev–Trinajstić information content (AvgIpc) is 2.67. The van der Waals surface area contributed by atoms with Gasteiger partial charge >= 0.3 is 0 Å². The van der Waals surface area contributed by atoms with Crippen molar-refractivity contribution in [3.05, 3.63) is 10.6 Å². The van der Waals surface area contributed by atoms with Crippen LogP contribution in [-0.2, 0) is 6.42 Å². The fraction of sp³-hybridized carbons (Fsp3) is 0.812. The third-order valence-electron chi connectivity index (χ3n) is 3.82. The Morgan fingerprint density at radius 1 is 1.40 bits per heavy atom. The Kier molecular flexibility index (Phi) is 4.18. The number of fused-ring (bicyclic) bond motifs is 1. The largest absolute Gasteiger partial charge is 0.351 e. The second kappa shape index (κ2) is 5.30. The van der Waals surface area contributed by atoms with Gasteiger partial charge in [0.05, 0.1) is 5.69 Å². The van der Waals surface area contributed by atoms with Crippen LogP contribution < -0.4 is 10.2 Å². The summed E-state index contributed by atoms with van der Waals surface area (Å²) in [7, 11) is 4.23. The second-order valence-electron chi connectivity index (χ2n) is 8.11. The quantitative estimate of drug-likeness (QED) is 0.918. The molecule has 3 nitrogen and oxygen atoms in total. The van der Waals surface area contributed by atoms with Crippen molar-refractivity contribution in [3.63, 3.8) is 0 Å². The van der Waals surface area contributed by atoms with Crippen molar-refractivity contribution >= 4 is 16.5 Å². The van der Waals surface area contributed by atoms with E-state index < -0.39 is 0 Å². The summed E-state index contributed by atoms with van der Waals surface area (Å²) in [5.41, 5.74) is 1.94. The molecule has 1 unspecified atom stereocenters. The number of aromatic nitrogens is 1. The van der Waals surface area contributed by atoms with E-state index in [2.05, 4.69) is 58.9 Å². The van der Waals surface area contributed by atoms with E-state index in [0.717, 1.165) is 13.0 Å². The van der Waals surface area contributed by atoms with Crippen LogP contribution >= 0.6 is 11.3 Å². The van der Waals surface area contributed by atoms with Crippen LogP contribution in [-0.4, -0.2) is 25.6 Å². The molecule has 0 saturated heterocycles. The number of nitrogens with one attached hydrogen (secondary N) is 1. The average molecular weight is 295 g/mol. The molecule has 1 aliphatic rings. The zero-order valence-electron chi connectivity index (χ0n) is 14.0. The van der Waals surface area contributed by atoms with E-state index in [4.69, 9.17) is 4.98 Å². The molecule has 20 heavy (non-hydrogen) atoms. The fourth-order valence-corrected chi connectivity index (χ4v) is 4.25. The predicted molar refractivity (Wildman–Crippen MR) is 88.7 cm³/mol. The van der Waals surface area contributed by atoms with Crippen LogP contribution in [0.25, 0.3) is 0 Å². The van der Waals surface area contributed by atoms with E-state index >= 15 is 0 Å². The molecule has 1 aromatic heterocycles. The van der Waals surface area contributed by atoms with Crippen LogP contribution in [0.15, 0.2) is 0 Å². The molecule has 1 N–H and O–H groups in total. The third-order valence-corrected chi connectivity index (χ3v) is 5.15. The Morgan fingerprint density at radius 3 is 2.60 bits per heavy atom. The van der Waals surface area contributed by atoms with Crippen LogP contribution in [0.5, 0.6) is 0 Å². The molecule has 1 aromatic rings. The lowest BCUT2D eigenvalue weighted by Gasteiger charge is -2.34. The molecule has 2 rings (SSSR count). The molecule has 4 heteroatoms. The van der Waals surface area contributed by atoms with Crippen LogP contribution in [0, 0.1) is 10.8 Å². The van der Waals surface area contributed by atoms with E-state index in [1.807, 2.05) is 11.3 Å². The lowest BCUT2D eigenvalue weighted by molar-refractivity contribution is 0.265. The first-order valence-electron chi connectivity index (χ1n) is 7.49. The van der Waals surface area contributed by atoms with Crippen LogP contribution in [0.3, 0.4) is 0 Å². The van der Waals surface area contributed by atoms with Gasteiger partial charge in [-0.15, -0.1) is 0 Å². The van der Waals surface area contributed by atoms with Crippen molar-refractivity contribution in [2.75, 3.05) is 25.5 Å². The Balaban J connectivity index is 2.26. The lowest BCUT2D eigenvalue weighted by atomic mass is 9.76. The molecule has 0 radical (unpaired) electrons. The molecule has 0 saturated carbocycles. The first kappa shape index (κ1) is 15.8. The van der Waals surface area contributed by atoms with Crippen LogP contribution in [0.1, 0.15) is 57.7 Å². The molecular formula is C16H29N3S. The minimum atomic E-state index is 0.294. The maximum Gasteiger partial charge on any atom is 0.185 e. The minimum Gasteiger partial charge on any atom is -0.351 e. The lowest BCUT2D eigenvalue weighted by Crippen LogP contribution is -2.31. The maximum absolute atomic E-state index is 4.93. The van der Waals surface area contributed by atoms with E-state index in [0.29, 0.717) is 16.9 Å². The van der Waals surface area contributed by atoms with Gasteiger partial charge in [0.25, 0.3) is 0 Å². The molecule has 0 aliphatic heterocycles. The molecule has 0 amide bonds. The van der Waals surface area contributed by atoms with Crippen molar-refractivity contribution in [2.24, 2.45) is 10.8 Å². The molecule has 0 bridgehead atoms. The summed E-state index contributed by atoms with van der Waals surface area (Å²) in [6.45, 7) is 12.5. The zero-order chi connectivity index (χ0) is 15.1. The van der Waals surface area contributed by atoms with Crippen molar-refractivity contribution < 1.29 is 0 Å². The van der Waals surface area contributed by atoms with Crippen molar-refractivity contribution in [1.29, 1.82) is 0 Å². The van der Waals surface area contributed by atoms with Gasteiger partial charge < -0.3 is 10.2 Å². The third kappa shape index (κ3) is 3.53.